The van der Waals surface area contributed by atoms with Crippen molar-refractivity contribution in [3.63, 3.8) is 0 Å². The van der Waals surface area contributed by atoms with E-state index in [0.29, 0.717) is 38.4 Å². The van der Waals surface area contributed by atoms with E-state index in [0.717, 1.165) is 22.4 Å². The van der Waals surface area contributed by atoms with E-state index in [9.17, 15) is 9.59 Å². The quantitative estimate of drug-likeness (QED) is 0.719. The minimum atomic E-state index is -0.666. The molecule has 0 bridgehead atoms. The largest absolute Gasteiger partial charge is 0.365 e. The third-order valence-corrected chi connectivity index (χ3v) is 5.26. The first kappa shape index (κ1) is 18.9. The summed E-state index contributed by atoms with van der Waals surface area (Å²) < 4.78 is 1.60. The summed E-state index contributed by atoms with van der Waals surface area (Å²) in [7, 11) is 0. The molecule has 0 atom stereocenters. The van der Waals surface area contributed by atoms with E-state index in [2.05, 4.69) is 14.9 Å². The molecule has 0 spiro atoms. The summed E-state index contributed by atoms with van der Waals surface area (Å²) in [5.74, 6) is -0.0149. The van der Waals surface area contributed by atoms with E-state index < -0.39 is 5.91 Å². The molecule has 1 aliphatic heterocycles. The monoisotopic (exact) mass is 389 g/mol. The Kier molecular flexibility index (Phi) is 5.12. The van der Waals surface area contributed by atoms with Crippen LogP contribution in [0.1, 0.15) is 32.7 Å². The molecule has 3 aromatic rings. The zero-order valence-electron chi connectivity index (χ0n) is 16.3. The number of fused-ring (bicyclic) bond motifs is 1. The number of benzene rings is 1. The number of rotatable bonds is 5. The minimum absolute atomic E-state index is 0.111. The summed E-state index contributed by atoms with van der Waals surface area (Å²) in [4.78, 5) is 35.9. The number of carbonyl (C=O) groups is 1. The number of nitrogens with two attached hydrogens (primary N) is 1. The molecule has 0 saturated heterocycles. The van der Waals surface area contributed by atoms with Gasteiger partial charge in [0.2, 0.25) is 5.95 Å². The summed E-state index contributed by atoms with van der Waals surface area (Å²) in [5.41, 5.74) is 9.09. The second kappa shape index (κ2) is 7.87. The third-order valence-electron chi connectivity index (χ3n) is 5.26. The molecular formula is C22H23N5O2. The molecule has 148 valence electrons. The molecule has 2 N–H and O–H groups in total. The molecule has 2 aromatic heterocycles. The van der Waals surface area contributed by atoms with Gasteiger partial charge >= 0.3 is 0 Å². The molecule has 0 fully saturated rings. The van der Waals surface area contributed by atoms with Crippen LogP contribution in [0.2, 0.25) is 0 Å². The van der Waals surface area contributed by atoms with Crippen molar-refractivity contribution < 1.29 is 4.79 Å². The fourth-order valence-corrected chi connectivity index (χ4v) is 3.78. The Hall–Kier alpha value is -3.48. The lowest BCUT2D eigenvalue weighted by atomic mass is 9.96. The van der Waals surface area contributed by atoms with E-state index in [-0.39, 0.29) is 11.1 Å². The summed E-state index contributed by atoms with van der Waals surface area (Å²) >= 11 is 0. The van der Waals surface area contributed by atoms with Crippen LogP contribution in [0.25, 0.3) is 0 Å². The summed E-state index contributed by atoms with van der Waals surface area (Å²) in [6.45, 7) is 3.57. The number of hydrogen-bond acceptors (Lipinski definition) is 5. The van der Waals surface area contributed by atoms with E-state index >= 15 is 0 Å². The average molecular weight is 389 g/mol. The zero-order valence-corrected chi connectivity index (χ0v) is 16.3. The standard InChI is InChI=1S/C22H23N5O2/c1-15-7-10-24-22(25-15)27-12-9-18-17(14-27)13-26(21(29)19(18)20(23)28)11-8-16-5-3-2-4-6-16/h2-7,10,13H,8-9,11-12,14H2,1H3,(H2,23,28). The van der Waals surface area contributed by atoms with Crippen LogP contribution in [-0.2, 0) is 25.9 Å². The Balaban J connectivity index is 1.68. The Morgan fingerprint density at radius 2 is 2.00 bits per heavy atom. The molecule has 29 heavy (non-hydrogen) atoms. The lowest BCUT2D eigenvalue weighted by Crippen LogP contribution is -2.39. The van der Waals surface area contributed by atoms with Gasteiger partial charge in [0.05, 0.1) is 0 Å². The Bertz CT molecular complexity index is 1110. The molecule has 0 radical (unpaired) electrons. The van der Waals surface area contributed by atoms with Gasteiger partial charge in [0, 0.05) is 37.7 Å². The molecule has 7 nitrogen and oxygen atoms in total. The van der Waals surface area contributed by atoms with Crippen molar-refractivity contribution in [2.75, 3.05) is 11.4 Å². The highest BCUT2D eigenvalue weighted by Gasteiger charge is 2.26. The minimum Gasteiger partial charge on any atom is -0.365 e. The van der Waals surface area contributed by atoms with E-state index in [1.807, 2.05) is 49.5 Å². The number of aryl methyl sites for hydroxylation is 3. The van der Waals surface area contributed by atoms with Crippen molar-refractivity contribution in [2.24, 2.45) is 5.73 Å². The van der Waals surface area contributed by atoms with Gasteiger partial charge in [-0.25, -0.2) is 9.97 Å². The van der Waals surface area contributed by atoms with Gasteiger partial charge in [0.15, 0.2) is 0 Å². The Morgan fingerprint density at radius 1 is 1.21 bits per heavy atom. The lowest BCUT2D eigenvalue weighted by Gasteiger charge is -2.30. The predicted octanol–water partition coefficient (Wildman–Crippen LogP) is 1.85. The molecule has 1 aliphatic rings. The molecule has 7 heteroatoms. The molecule has 0 saturated carbocycles. The van der Waals surface area contributed by atoms with E-state index in [1.54, 1.807) is 10.8 Å². The first-order chi connectivity index (χ1) is 14.0. The van der Waals surface area contributed by atoms with E-state index in [1.165, 1.54) is 0 Å². The molecule has 3 heterocycles. The Labute approximate surface area is 168 Å². The first-order valence-electron chi connectivity index (χ1n) is 9.66. The van der Waals surface area contributed by atoms with Crippen LogP contribution in [0.15, 0.2) is 53.6 Å². The van der Waals surface area contributed by atoms with Crippen LogP contribution in [0.4, 0.5) is 5.95 Å². The van der Waals surface area contributed by atoms with Crippen LogP contribution in [0.5, 0.6) is 0 Å². The number of aromatic nitrogens is 3. The zero-order chi connectivity index (χ0) is 20.4. The van der Waals surface area contributed by atoms with Crippen molar-refractivity contribution in [3.8, 4) is 0 Å². The van der Waals surface area contributed by atoms with Gasteiger partial charge in [-0.3, -0.25) is 9.59 Å². The van der Waals surface area contributed by atoms with Crippen LogP contribution in [0, 0.1) is 6.92 Å². The van der Waals surface area contributed by atoms with Crippen molar-refractivity contribution in [2.45, 2.75) is 32.9 Å². The maximum absolute atomic E-state index is 12.9. The maximum Gasteiger partial charge on any atom is 0.263 e. The third kappa shape index (κ3) is 3.89. The number of pyridine rings is 1. The number of primary amides is 1. The van der Waals surface area contributed by atoms with Crippen molar-refractivity contribution in [1.82, 2.24) is 14.5 Å². The highest BCUT2D eigenvalue weighted by molar-refractivity contribution is 5.94. The van der Waals surface area contributed by atoms with Gasteiger partial charge in [0.1, 0.15) is 5.56 Å². The van der Waals surface area contributed by atoms with Gasteiger partial charge in [0.25, 0.3) is 11.5 Å². The summed E-state index contributed by atoms with van der Waals surface area (Å²) in [6.07, 6.45) is 4.85. The number of amides is 1. The number of nitrogens with zero attached hydrogens (tertiary/aromatic N) is 4. The molecule has 0 unspecified atom stereocenters. The van der Waals surface area contributed by atoms with Gasteiger partial charge in [-0.05, 0) is 42.5 Å². The van der Waals surface area contributed by atoms with Gasteiger partial charge in [-0.15, -0.1) is 0 Å². The van der Waals surface area contributed by atoms with E-state index in [4.69, 9.17) is 5.73 Å². The molecular weight excluding hydrogens is 366 g/mol. The van der Waals surface area contributed by atoms with Crippen molar-refractivity contribution in [3.05, 3.63) is 87.1 Å². The van der Waals surface area contributed by atoms with Crippen molar-refractivity contribution >= 4 is 11.9 Å². The average Bonchev–Trinajstić information content (AvgIpc) is 2.72. The number of hydrogen-bond donors (Lipinski definition) is 1. The summed E-state index contributed by atoms with van der Waals surface area (Å²) in [5, 5.41) is 0. The second-order valence-electron chi connectivity index (χ2n) is 7.28. The normalized spacial score (nSPS) is 13.2. The van der Waals surface area contributed by atoms with Gasteiger partial charge in [-0.2, -0.15) is 0 Å². The van der Waals surface area contributed by atoms with Crippen LogP contribution in [0.3, 0.4) is 0 Å². The predicted molar refractivity (Wildman–Crippen MR) is 111 cm³/mol. The SMILES string of the molecule is Cc1ccnc(N2CCc3c(cn(CCc4ccccc4)c(=O)c3C(N)=O)C2)n1. The summed E-state index contributed by atoms with van der Waals surface area (Å²) in [6, 6.07) is 11.8. The second-order valence-corrected chi connectivity index (χ2v) is 7.28. The topological polar surface area (TPSA) is 94.1 Å². The van der Waals surface area contributed by atoms with Crippen LogP contribution < -0.4 is 16.2 Å². The van der Waals surface area contributed by atoms with Crippen LogP contribution in [-0.4, -0.2) is 27.0 Å². The van der Waals surface area contributed by atoms with Gasteiger partial charge in [-0.1, -0.05) is 30.3 Å². The molecule has 1 amide bonds. The number of carbonyl (C=O) groups excluding carboxylic acids is 1. The number of anilines is 1. The highest BCUT2D eigenvalue weighted by Crippen LogP contribution is 2.23. The van der Waals surface area contributed by atoms with Crippen LogP contribution >= 0.6 is 0 Å². The highest BCUT2D eigenvalue weighted by atomic mass is 16.2. The fourth-order valence-electron chi connectivity index (χ4n) is 3.78. The lowest BCUT2D eigenvalue weighted by molar-refractivity contribution is 0.0997. The molecule has 4 rings (SSSR count). The van der Waals surface area contributed by atoms with Gasteiger partial charge < -0.3 is 15.2 Å². The first-order valence-corrected chi connectivity index (χ1v) is 9.66. The Morgan fingerprint density at radius 3 is 2.72 bits per heavy atom. The maximum atomic E-state index is 12.9. The van der Waals surface area contributed by atoms with Crippen molar-refractivity contribution in [1.29, 1.82) is 0 Å². The molecule has 0 aliphatic carbocycles. The molecule has 1 aromatic carbocycles. The fraction of sp³-hybridized carbons (Fsp3) is 0.273. The smallest absolute Gasteiger partial charge is 0.263 e.